The van der Waals surface area contributed by atoms with Gasteiger partial charge in [-0.05, 0) is 190 Å². The van der Waals surface area contributed by atoms with Crippen LogP contribution in [-0.2, 0) is 0 Å². The molecule has 0 aromatic heterocycles. The lowest BCUT2D eigenvalue weighted by molar-refractivity contribution is 0.875. The van der Waals surface area contributed by atoms with E-state index in [1.165, 1.54) is 133 Å². The predicted octanol–water partition coefficient (Wildman–Crippen LogP) is 19.0. The standard InChI is InChI=1S/C64H60N2/c1-39(2)57-37-61(65(49-33-41(5)31-42(6)34-49)59-25-17-23-51(45(59)9)47-19-13-11-14-20-47)55-30-28-54-58(40(3)4)38-62(56-29-27-53(57)63(55)64(54)56)66(50-35-43(7)32-44(8)36-50)60-26-18-24-52(46(60)10)48-21-15-12-16-22-48/h11-40H,1-10H3. The Hall–Kier alpha value is -7.16. The van der Waals surface area contributed by atoms with Gasteiger partial charge in [-0.3, -0.25) is 0 Å². The highest BCUT2D eigenvalue weighted by Gasteiger charge is 2.28. The maximum Gasteiger partial charge on any atom is 0.0543 e. The van der Waals surface area contributed by atoms with Gasteiger partial charge in [0.05, 0.1) is 11.4 Å². The third kappa shape index (κ3) is 7.39. The maximum absolute atomic E-state index is 2.56. The van der Waals surface area contributed by atoms with E-state index in [0.717, 1.165) is 0 Å². The first kappa shape index (κ1) is 42.8. The molecule has 0 fully saturated rings. The van der Waals surface area contributed by atoms with Crippen LogP contribution in [0.5, 0.6) is 0 Å². The Morgan fingerprint density at radius 2 is 0.667 bits per heavy atom. The second-order valence-corrected chi connectivity index (χ2v) is 19.3. The van der Waals surface area contributed by atoms with Crippen molar-refractivity contribution in [1.82, 2.24) is 0 Å². The molecule has 0 atom stereocenters. The molecular weight excluding hydrogens is 797 g/mol. The van der Waals surface area contributed by atoms with Crippen LogP contribution in [0, 0.1) is 41.5 Å². The van der Waals surface area contributed by atoms with Crippen LogP contribution in [0.15, 0.2) is 170 Å². The van der Waals surface area contributed by atoms with E-state index in [9.17, 15) is 0 Å². The first-order valence-electron chi connectivity index (χ1n) is 23.7. The topological polar surface area (TPSA) is 6.48 Å². The molecule has 0 unspecified atom stereocenters. The van der Waals surface area contributed by atoms with Gasteiger partial charge < -0.3 is 9.80 Å². The summed E-state index contributed by atoms with van der Waals surface area (Å²) in [6.45, 7) is 22.9. The van der Waals surface area contributed by atoms with Crippen molar-refractivity contribution in [2.24, 2.45) is 0 Å². The Morgan fingerprint density at radius 3 is 1.02 bits per heavy atom. The van der Waals surface area contributed by atoms with E-state index in [0.29, 0.717) is 0 Å². The number of hydrogen-bond donors (Lipinski definition) is 0. The molecule has 0 heterocycles. The zero-order chi connectivity index (χ0) is 46.0. The van der Waals surface area contributed by atoms with Crippen molar-refractivity contribution in [3.05, 3.63) is 214 Å². The van der Waals surface area contributed by atoms with Crippen molar-refractivity contribution in [2.45, 2.75) is 81.1 Å². The molecule has 66 heavy (non-hydrogen) atoms. The van der Waals surface area contributed by atoms with E-state index in [1.54, 1.807) is 0 Å². The van der Waals surface area contributed by atoms with Crippen LogP contribution in [0.25, 0.3) is 54.6 Å². The molecular formula is C64H60N2. The van der Waals surface area contributed by atoms with Crippen LogP contribution < -0.4 is 9.80 Å². The van der Waals surface area contributed by atoms with Gasteiger partial charge in [0.1, 0.15) is 0 Å². The molecule has 10 aromatic rings. The fraction of sp³-hybridized carbons (Fsp3) is 0.188. The number of anilines is 6. The molecule has 0 spiro atoms. The molecule has 2 heteroatoms. The Labute approximate surface area is 392 Å². The lowest BCUT2D eigenvalue weighted by Crippen LogP contribution is -2.15. The van der Waals surface area contributed by atoms with Crippen LogP contribution in [0.1, 0.15) is 84.0 Å². The molecule has 0 aliphatic rings. The number of rotatable bonds is 10. The normalized spacial score (nSPS) is 11.8. The third-order valence-corrected chi connectivity index (χ3v) is 13.8. The Balaban J connectivity index is 1.33. The Kier molecular flexibility index (Phi) is 11.0. The molecule has 0 saturated carbocycles. The summed E-state index contributed by atoms with van der Waals surface area (Å²) in [4.78, 5) is 5.12. The number of hydrogen-bond acceptors (Lipinski definition) is 2. The molecule has 2 nitrogen and oxygen atoms in total. The van der Waals surface area contributed by atoms with Crippen LogP contribution in [0.2, 0.25) is 0 Å². The molecule has 0 saturated heterocycles. The van der Waals surface area contributed by atoms with E-state index in [2.05, 4.69) is 249 Å². The third-order valence-electron chi connectivity index (χ3n) is 13.8. The van der Waals surface area contributed by atoms with Gasteiger partial charge in [0.2, 0.25) is 0 Å². The van der Waals surface area contributed by atoms with Crippen molar-refractivity contribution in [1.29, 1.82) is 0 Å². The first-order chi connectivity index (χ1) is 31.9. The van der Waals surface area contributed by atoms with Gasteiger partial charge in [0.25, 0.3) is 0 Å². The largest absolute Gasteiger partial charge is 0.310 e. The zero-order valence-corrected chi connectivity index (χ0v) is 40.2. The van der Waals surface area contributed by atoms with E-state index >= 15 is 0 Å². The van der Waals surface area contributed by atoms with Crippen LogP contribution in [0.3, 0.4) is 0 Å². The van der Waals surface area contributed by atoms with Crippen LogP contribution in [-0.4, -0.2) is 0 Å². The molecule has 10 rings (SSSR count). The monoisotopic (exact) mass is 856 g/mol. The number of nitrogens with zero attached hydrogens (tertiary/aromatic N) is 2. The summed E-state index contributed by atoms with van der Waals surface area (Å²) in [7, 11) is 0. The maximum atomic E-state index is 2.56. The van der Waals surface area contributed by atoms with Gasteiger partial charge in [-0.25, -0.2) is 0 Å². The van der Waals surface area contributed by atoms with Crippen molar-refractivity contribution in [3.8, 4) is 22.3 Å². The van der Waals surface area contributed by atoms with Crippen LogP contribution >= 0.6 is 0 Å². The smallest absolute Gasteiger partial charge is 0.0543 e. The average molecular weight is 857 g/mol. The van der Waals surface area contributed by atoms with Crippen molar-refractivity contribution in [3.63, 3.8) is 0 Å². The van der Waals surface area contributed by atoms with Crippen molar-refractivity contribution >= 4 is 66.4 Å². The SMILES string of the molecule is Cc1cc(C)cc(N(c2cccc(-c3ccccc3)c2C)c2cc(C(C)C)c3ccc4c(N(c5cc(C)cc(C)c5)c5cccc(-c6ccccc6)c5C)cc(C(C)C)c5ccc2c3c54)c1. The molecule has 326 valence electrons. The zero-order valence-electron chi connectivity index (χ0n) is 40.2. The van der Waals surface area contributed by atoms with E-state index in [-0.39, 0.29) is 11.8 Å². The summed E-state index contributed by atoms with van der Waals surface area (Å²) in [6.07, 6.45) is 0. The lowest BCUT2D eigenvalue weighted by atomic mass is 9.83. The summed E-state index contributed by atoms with van der Waals surface area (Å²) in [5, 5.41) is 7.81. The fourth-order valence-electron chi connectivity index (χ4n) is 10.9. The Morgan fingerprint density at radius 1 is 0.318 bits per heavy atom. The van der Waals surface area contributed by atoms with E-state index in [1.807, 2.05) is 0 Å². The average Bonchev–Trinajstić information content (AvgIpc) is 3.29. The van der Waals surface area contributed by atoms with Gasteiger partial charge in [0.15, 0.2) is 0 Å². The summed E-state index contributed by atoms with van der Waals surface area (Å²) >= 11 is 0. The highest BCUT2D eigenvalue weighted by atomic mass is 15.2. The number of benzene rings is 10. The molecule has 0 N–H and O–H groups in total. The van der Waals surface area contributed by atoms with Gasteiger partial charge in [0, 0.05) is 33.5 Å². The molecule has 0 aliphatic carbocycles. The molecule has 10 aromatic carbocycles. The quantitative estimate of drug-likeness (QED) is 0.126. The predicted molar refractivity (Wildman–Crippen MR) is 287 cm³/mol. The lowest BCUT2D eigenvalue weighted by Gasteiger charge is -2.33. The molecule has 0 amide bonds. The minimum Gasteiger partial charge on any atom is -0.310 e. The fourth-order valence-corrected chi connectivity index (χ4v) is 10.9. The minimum absolute atomic E-state index is 0.283. The van der Waals surface area contributed by atoms with E-state index < -0.39 is 0 Å². The van der Waals surface area contributed by atoms with Crippen LogP contribution in [0.4, 0.5) is 34.1 Å². The minimum atomic E-state index is 0.283. The van der Waals surface area contributed by atoms with E-state index in [4.69, 9.17) is 0 Å². The van der Waals surface area contributed by atoms with Gasteiger partial charge in [-0.2, -0.15) is 0 Å². The summed E-state index contributed by atoms with van der Waals surface area (Å²) in [5.74, 6) is 0.565. The van der Waals surface area contributed by atoms with Gasteiger partial charge in [-0.15, -0.1) is 0 Å². The first-order valence-corrected chi connectivity index (χ1v) is 23.7. The highest BCUT2D eigenvalue weighted by Crippen LogP contribution is 2.52. The Bertz CT molecular complexity index is 3160. The molecule has 0 bridgehead atoms. The summed E-state index contributed by atoms with van der Waals surface area (Å²) < 4.78 is 0. The van der Waals surface area contributed by atoms with Crippen molar-refractivity contribution in [2.75, 3.05) is 9.80 Å². The second-order valence-electron chi connectivity index (χ2n) is 19.3. The second kappa shape index (κ2) is 17.0. The van der Waals surface area contributed by atoms with Gasteiger partial charge in [-0.1, -0.05) is 149 Å². The molecule has 0 aliphatic heterocycles. The highest BCUT2D eigenvalue weighted by molar-refractivity contribution is 6.29. The van der Waals surface area contributed by atoms with Gasteiger partial charge >= 0.3 is 0 Å². The molecule has 0 radical (unpaired) electrons. The number of aryl methyl sites for hydroxylation is 4. The summed E-state index contributed by atoms with van der Waals surface area (Å²) in [6, 6.07) is 64.0. The summed E-state index contributed by atoms with van der Waals surface area (Å²) in [5.41, 5.74) is 22.3. The van der Waals surface area contributed by atoms with Crippen molar-refractivity contribution < 1.29 is 0 Å².